The van der Waals surface area contributed by atoms with Gasteiger partial charge in [0.25, 0.3) is 5.56 Å². The number of anilines is 1. The fraction of sp³-hybridized carbons (Fsp3) is 0.440. The number of hydrogen-bond acceptors (Lipinski definition) is 8. The Labute approximate surface area is 207 Å². The van der Waals surface area contributed by atoms with E-state index in [1.807, 2.05) is 37.8 Å². The number of carbonyl (C=O) groups excluding carboxylic acids is 1. The quantitative estimate of drug-likeness (QED) is 0.557. The largest absolute Gasteiger partial charge is 0.444 e. The summed E-state index contributed by atoms with van der Waals surface area (Å²) in [5.41, 5.74) is 0.939. The summed E-state index contributed by atoms with van der Waals surface area (Å²) >= 11 is 1.23. The molecule has 0 bridgehead atoms. The number of thiophene rings is 1. The van der Waals surface area contributed by atoms with Crippen molar-refractivity contribution >= 4 is 33.6 Å². The average Bonchev–Trinajstić information content (AvgIpc) is 3.23. The SMILES string of the molecule is CC(C)(C)OC(=O)NC1CCCN(c2nc3cc(CO)sc3c(=O)n2Cc2ccccc2C#N)C1. The maximum Gasteiger partial charge on any atom is 0.407 e. The van der Waals surface area contributed by atoms with Gasteiger partial charge in [-0.05, 0) is 51.3 Å². The Morgan fingerprint density at radius 1 is 1.37 bits per heavy atom. The maximum absolute atomic E-state index is 13.6. The number of aromatic nitrogens is 2. The van der Waals surface area contributed by atoms with E-state index in [-0.39, 0.29) is 24.8 Å². The van der Waals surface area contributed by atoms with Crippen LogP contribution in [0.2, 0.25) is 0 Å². The van der Waals surface area contributed by atoms with Crippen molar-refractivity contribution in [2.75, 3.05) is 18.0 Å². The van der Waals surface area contributed by atoms with Crippen LogP contribution in [0.1, 0.15) is 49.6 Å². The lowest BCUT2D eigenvalue weighted by atomic mass is 10.1. The van der Waals surface area contributed by atoms with E-state index in [4.69, 9.17) is 9.72 Å². The van der Waals surface area contributed by atoms with Crippen molar-refractivity contribution in [3.8, 4) is 6.07 Å². The number of hydrogen-bond donors (Lipinski definition) is 2. The standard InChI is InChI=1S/C25H29N5O4S/c1-25(2,3)34-24(33)27-18-9-6-10-29(14-18)23-28-20-11-19(15-31)35-21(20)22(32)30(23)13-17-8-5-4-7-16(17)12-26/h4-5,7-8,11,18,31H,6,9-10,13-15H2,1-3H3,(H,27,33). The van der Waals surface area contributed by atoms with E-state index in [2.05, 4.69) is 11.4 Å². The molecule has 1 unspecified atom stereocenters. The molecule has 2 N–H and O–H groups in total. The van der Waals surface area contributed by atoms with Gasteiger partial charge in [-0.2, -0.15) is 5.26 Å². The van der Waals surface area contributed by atoms with Crippen LogP contribution in [0.25, 0.3) is 10.2 Å². The minimum atomic E-state index is -0.594. The van der Waals surface area contributed by atoms with Crippen molar-refractivity contribution in [3.63, 3.8) is 0 Å². The van der Waals surface area contributed by atoms with Crippen LogP contribution in [-0.2, 0) is 17.9 Å². The first-order chi connectivity index (χ1) is 16.7. The van der Waals surface area contributed by atoms with E-state index in [0.29, 0.717) is 39.7 Å². The van der Waals surface area contributed by atoms with Gasteiger partial charge in [0.1, 0.15) is 10.3 Å². The molecule has 184 valence electrons. The summed E-state index contributed by atoms with van der Waals surface area (Å²) in [7, 11) is 0. The van der Waals surface area contributed by atoms with Crippen LogP contribution in [0, 0.1) is 11.3 Å². The Kier molecular flexibility index (Phi) is 7.10. The summed E-state index contributed by atoms with van der Waals surface area (Å²) in [4.78, 5) is 33.4. The molecule has 0 spiro atoms. The molecule has 3 heterocycles. The summed E-state index contributed by atoms with van der Waals surface area (Å²) < 4.78 is 7.46. The Bertz CT molecular complexity index is 1330. The molecule has 1 fully saturated rings. The number of carbonyl (C=O) groups is 1. The minimum absolute atomic E-state index is 0.165. The number of nitrogens with one attached hydrogen (secondary N) is 1. The molecule has 1 aromatic carbocycles. The number of fused-ring (bicyclic) bond motifs is 1. The van der Waals surface area contributed by atoms with E-state index in [1.165, 1.54) is 11.3 Å². The highest BCUT2D eigenvalue weighted by atomic mass is 32.1. The predicted octanol–water partition coefficient (Wildman–Crippen LogP) is 3.36. The van der Waals surface area contributed by atoms with Crippen LogP contribution >= 0.6 is 11.3 Å². The molecule has 1 atom stereocenters. The zero-order chi connectivity index (χ0) is 25.2. The molecular weight excluding hydrogens is 466 g/mol. The van der Waals surface area contributed by atoms with Gasteiger partial charge in [0, 0.05) is 24.0 Å². The monoisotopic (exact) mass is 495 g/mol. The van der Waals surface area contributed by atoms with E-state index in [9.17, 15) is 20.0 Å². The second-order valence-corrected chi connectivity index (χ2v) is 10.7. The first-order valence-corrected chi connectivity index (χ1v) is 12.4. The Morgan fingerprint density at radius 3 is 2.86 bits per heavy atom. The van der Waals surface area contributed by atoms with Crippen molar-refractivity contribution in [1.82, 2.24) is 14.9 Å². The topological polar surface area (TPSA) is 120 Å². The van der Waals surface area contributed by atoms with E-state index < -0.39 is 11.7 Å². The molecule has 10 heteroatoms. The molecular formula is C25H29N5O4S. The lowest BCUT2D eigenvalue weighted by Crippen LogP contribution is -2.50. The lowest BCUT2D eigenvalue weighted by molar-refractivity contribution is 0.0499. The number of amides is 1. The number of nitriles is 1. The number of aliphatic hydroxyl groups excluding tert-OH is 1. The number of benzene rings is 1. The highest BCUT2D eigenvalue weighted by Crippen LogP contribution is 2.26. The van der Waals surface area contributed by atoms with Crippen LogP contribution in [0.5, 0.6) is 0 Å². The smallest absolute Gasteiger partial charge is 0.407 e. The third kappa shape index (κ3) is 5.63. The minimum Gasteiger partial charge on any atom is -0.444 e. The number of rotatable bonds is 5. The van der Waals surface area contributed by atoms with E-state index in [0.717, 1.165) is 18.4 Å². The molecule has 3 aromatic rings. The number of piperidine rings is 1. The molecule has 1 aliphatic rings. The van der Waals surface area contributed by atoms with Crippen LogP contribution in [0.4, 0.5) is 10.7 Å². The van der Waals surface area contributed by atoms with Crippen molar-refractivity contribution in [1.29, 1.82) is 5.26 Å². The lowest BCUT2D eigenvalue weighted by Gasteiger charge is -2.35. The zero-order valence-electron chi connectivity index (χ0n) is 20.1. The molecule has 1 aliphatic heterocycles. The molecule has 35 heavy (non-hydrogen) atoms. The first-order valence-electron chi connectivity index (χ1n) is 11.5. The van der Waals surface area contributed by atoms with Gasteiger partial charge in [-0.3, -0.25) is 9.36 Å². The second kappa shape index (κ2) is 10.1. The molecule has 0 radical (unpaired) electrons. The van der Waals surface area contributed by atoms with E-state index in [1.54, 1.807) is 22.8 Å². The summed E-state index contributed by atoms with van der Waals surface area (Å²) in [5.74, 6) is 0.480. The molecule has 0 aliphatic carbocycles. The first kappa shape index (κ1) is 24.7. The predicted molar refractivity (Wildman–Crippen MR) is 135 cm³/mol. The summed E-state index contributed by atoms with van der Waals surface area (Å²) in [6.45, 7) is 6.61. The normalized spacial score (nSPS) is 16.2. The van der Waals surface area contributed by atoms with Gasteiger partial charge in [0.2, 0.25) is 5.95 Å². The van der Waals surface area contributed by atoms with E-state index >= 15 is 0 Å². The molecule has 1 saturated heterocycles. The Morgan fingerprint density at radius 2 is 2.14 bits per heavy atom. The average molecular weight is 496 g/mol. The van der Waals surface area contributed by atoms with Crippen molar-refractivity contribution < 1.29 is 14.6 Å². The number of nitrogens with zero attached hydrogens (tertiary/aromatic N) is 4. The summed E-state index contributed by atoms with van der Waals surface area (Å²) in [6, 6.07) is 10.9. The van der Waals surface area contributed by atoms with Crippen LogP contribution in [-0.4, -0.2) is 45.5 Å². The van der Waals surface area contributed by atoms with Crippen molar-refractivity contribution in [2.24, 2.45) is 0 Å². The Balaban J connectivity index is 1.71. The van der Waals surface area contributed by atoms with Crippen molar-refractivity contribution in [3.05, 3.63) is 56.7 Å². The highest BCUT2D eigenvalue weighted by molar-refractivity contribution is 7.18. The van der Waals surface area contributed by atoms with Gasteiger partial charge in [0.05, 0.1) is 30.3 Å². The Hall–Kier alpha value is -3.42. The number of ether oxygens (including phenoxy) is 1. The highest BCUT2D eigenvalue weighted by Gasteiger charge is 2.27. The third-order valence-electron chi connectivity index (χ3n) is 5.71. The molecule has 2 aromatic heterocycles. The van der Waals surface area contributed by atoms with Crippen LogP contribution in [0.15, 0.2) is 35.1 Å². The third-order valence-corrected chi connectivity index (χ3v) is 6.81. The van der Waals surface area contributed by atoms with Crippen molar-refractivity contribution in [2.45, 2.75) is 58.4 Å². The van der Waals surface area contributed by atoms with Gasteiger partial charge >= 0.3 is 6.09 Å². The van der Waals surface area contributed by atoms with Gasteiger partial charge in [0.15, 0.2) is 0 Å². The molecule has 9 nitrogen and oxygen atoms in total. The van der Waals surface area contributed by atoms with Gasteiger partial charge in [-0.15, -0.1) is 11.3 Å². The van der Waals surface area contributed by atoms with Crippen LogP contribution < -0.4 is 15.8 Å². The summed E-state index contributed by atoms with van der Waals surface area (Å²) in [5, 5.41) is 22.1. The fourth-order valence-corrected chi connectivity index (χ4v) is 5.10. The molecule has 4 rings (SSSR count). The number of alkyl carbamates (subject to hydrolysis) is 1. The molecule has 0 saturated carbocycles. The molecule has 1 amide bonds. The zero-order valence-corrected chi connectivity index (χ0v) is 20.9. The number of aliphatic hydroxyl groups is 1. The van der Waals surface area contributed by atoms with Gasteiger partial charge in [-0.25, -0.2) is 9.78 Å². The fourth-order valence-electron chi connectivity index (χ4n) is 4.20. The van der Waals surface area contributed by atoms with Crippen LogP contribution in [0.3, 0.4) is 0 Å². The second-order valence-electron chi connectivity index (χ2n) is 9.59. The van der Waals surface area contributed by atoms with Gasteiger partial charge < -0.3 is 20.1 Å². The van der Waals surface area contributed by atoms with Gasteiger partial charge in [-0.1, -0.05) is 18.2 Å². The summed E-state index contributed by atoms with van der Waals surface area (Å²) in [6.07, 6.45) is 1.11. The maximum atomic E-state index is 13.6.